The number of Topliss-reactive ketones (excluding diaryl/α,β-unsaturated/α-hetero) is 1. The fourth-order valence-corrected chi connectivity index (χ4v) is 5.10. The number of aryl methyl sites for hydroxylation is 2. The molecule has 5 rings (SSSR count). The Morgan fingerprint density at radius 2 is 1.56 bits per heavy atom. The molecule has 0 saturated carbocycles. The zero-order chi connectivity index (χ0) is 22.0. The van der Waals surface area contributed by atoms with Crippen molar-refractivity contribution in [3.05, 3.63) is 102 Å². The van der Waals surface area contributed by atoms with Crippen LogP contribution >= 0.6 is 0 Å². The molecular formula is C28H27NO3. The zero-order valence-corrected chi connectivity index (χ0v) is 18.1. The van der Waals surface area contributed by atoms with Crippen molar-refractivity contribution in [2.75, 3.05) is 11.4 Å². The summed E-state index contributed by atoms with van der Waals surface area (Å²) in [6.45, 7) is 0.685. The maximum Gasteiger partial charge on any atom is 0.337 e. The van der Waals surface area contributed by atoms with Crippen molar-refractivity contribution in [3.8, 4) is 0 Å². The first-order valence-corrected chi connectivity index (χ1v) is 11.4. The van der Waals surface area contributed by atoms with Crippen molar-refractivity contribution in [2.24, 2.45) is 0 Å². The van der Waals surface area contributed by atoms with Crippen LogP contribution in [0.3, 0.4) is 0 Å². The molecule has 0 radical (unpaired) electrons. The molecule has 4 heteroatoms. The average Bonchev–Trinajstić information content (AvgIpc) is 2.84. The van der Waals surface area contributed by atoms with Crippen LogP contribution in [0.5, 0.6) is 0 Å². The van der Waals surface area contributed by atoms with Crippen LogP contribution in [0, 0.1) is 0 Å². The van der Waals surface area contributed by atoms with E-state index in [1.165, 1.54) is 11.1 Å². The Hall–Kier alpha value is -3.40. The van der Waals surface area contributed by atoms with Gasteiger partial charge in [0, 0.05) is 12.2 Å². The van der Waals surface area contributed by atoms with Gasteiger partial charge in [-0.15, -0.1) is 0 Å². The Morgan fingerprint density at radius 1 is 0.875 bits per heavy atom. The second-order valence-electron chi connectivity index (χ2n) is 8.74. The minimum Gasteiger partial charge on any atom is -0.452 e. The number of carbonyl (C=O) groups excluding carboxylic acids is 2. The van der Waals surface area contributed by atoms with E-state index in [1.807, 2.05) is 71.6 Å². The Labute approximate surface area is 188 Å². The molecule has 32 heavy (non-hydrogen) atoms. The van der Waals surface area contributed by atoms with Crippen molar-refractivity contribution in [1.82, 2.24) is 0 Å². The molecule has 2 heterocycles. The first-order chi connectivity index (χ1) is 15.7. The maximum atomic E-state index is 13.6. The summed E-state index contributed by atoms with van der Waals surface area (Å²) in [6, 6.07) is 27.0. The zero-order valence-electron chi connectivity index (χ0n) is 18.1. The number of hydrogen-bond donors (Lipinski definition) is 0. The molecule has 1 saturated heterocycles. The standard InChI is InChI=1S/C28H27NO3/c30-25-20-28(23-14-5-2-6-15-23,18-17-21-10-3-1-4-11-21)32-27(31)26(25)29-19-9-13-22-12-7-8-16-24(22)29/h1-8,10-12,14-16,26H,9,13,17-20H2. The molecule has 1 fully saturated rings. The van der Waals surface area contributed by atoms with Crippen molar-refractivity contribution in [1.29, 1.82) is 0 Å². The van der Waals surface area contributed by atoms with Gasteiger partial charge in [0.25, 0.3) is 0 Å². The highest BCUT2D eigenvalue weighted by Gasteiger charge is 2.50. The van der Waals surface area contributed by atoms with Gasteiger partial charge in [0.15, 0.2) is 11.8 Å². The molecular weight excluding hydrogens is 398 g/mol. The Kier molecular flexibility index (Phi) is 5.52. The monoisotopic (exact) mass is 425 g/mol. The minimum atomic E-state index is -0.933. The molecule has 2 atom stereocenters. The highest BCUT2D eigenvalue weighted by molar-refractivity contribution is 6.08. The number of fused-ring (bicyclic) bond motifs is 1. The lowest BCUT2D eigenvalue weighted by Crippen LogP contribution is -2.57. The van der Waals surface area contributed by atoms with Gasteiger partial charge in [-0.2, -0.15) is 0 Å². The fourth-order valence-electron chi connectivity index (χ4n) is 5.10. The summed E-state index contributed by atoms with van der Waals surface area (Å²) in [5.41, 5.74) is 3.28. The van der Waals surface area contributed by atoms with Crippen molar-refractivity contribution < 1.29 is 14.3 Å². The summed E-state index contributed by atoms with van der Waals surface area (Å²) in [6.07, 6.45) is 3.38. The Balaban J connectivity index is 1.45. The lowest BCUT2D eigenvalue weighted by Gasteiger charge is -2.44. The first-order valence-electron chi connectivity index (χ1n) is 11.4. The van der Waals surface area contributed by atoms with Gasteiger partial charge < -0.3 is 9.64 Å². The van der Waals surface area contributed by atoms with Gasteiger partial charge in [-0.3, -0.25) is 4.79 Å². The van der Waals surface area contributed by atoms with Crippen LogP contribution in [-0.2, 0) is 32.8 Å². The number of para-hydroxylation sites is 1. The van der Waals surface area contributed by atoms with Gasteiger partial charge in [-0.1, -0.05) is 78.9 Å². The van der Waals surface area contributed by atoms with Crippen LogP contribution in [0.1, 0.15) is 36.0 Å². The van der Waals surface area contributed by atoms with E-state index in [0.717, 1.165) is 30.5 Å². The Bertz CT molecular complexity index is 1090. The third-order valence-electron chi connectivity index (χ3n) is 6.70. The number of ether oxygens (including phenoxy) is 1. The quantitative estimate of drug-likeness (QED) is 0.433. The number of rotatable bonds is 5. The molecule has 0 spiro atoms. The lowest BCUT2D eigenvalue weighted by atomic mass is 9.79. The maximum absolute atomic E-state index is 13.6. The third kappa shape index (κ3) is 3.81. The normalized spacial score (nSPS) is 22.9. The first kappa shape index (κ1) is 20.5. The van der Waals surface area contributed by atoms with Crippen LogP contribution in [0.2, 0.25) is 0 Å². The third-order valence-corrected chi connectivity index (χ3v) is 6.70. The number of anilines is 1. The summed E-state index contributed by atoms with van der Waals surface area (Å²) in [7, 11) is 0. The SMILES string of the molecule is O=C1CC(CCc2ccccc2)(c2ccccc2)OC(=O)C1N1CCCc2ccccc21. The lowest BCUT2D eigenvalue weighted by molar-refractivity contribution is -0.175. The molecule has 2 aliphatic heterocycles. The van der Waals surface area contributed by atoms with Crippen molar-refractivity contribution in [2.45, 2.75) is 43.7 Å². The molecule has 4 nitrogen and oxygen atoms in total. The molecule has 0 N–H and O–H groups in total. The molecule has 2 unspecified atom stereocenters. The minimum absolute atomic E-state index is 0.0603. The Morgan fingerprint density at radius 3 is 2.31 bits per heavy atom. The topological polar surface area (TPSA) is 46.6 Å². The van der Waals surface area contributed by atoms with Crippen LogP contribution in [0.15, 0.2) is 84.9 Å². The smallest absolute Gasteiger partial charge is 0.337 e. The predicted octanol–water partition coefficient (Wildman–Crippen LogP) is 4.85. The van der Waals surface area contributed by atoms with E-state index in [2.05, 4.69) is 18.2 Å². The van der Waals surface area contributed by atoms with Gasteiger partial charge in [0.2, 0.25) is 0 Å². The van der Waals surface area contributed by atoms with E-state index in [0.29, 0.717) is 13.0 Å². The molecule has 3 aromatic rings. The summed E-state index contributed by atoms with van der Waals surface area (Å²) in [5, 5.41) is 0. The second kappa shape index (κ2) is 8.62. The molecule has 0 aromatic heterocycles. The van der Waals surface area contributed by atoms with E-state index >= 15 is 0 Å². The van der Waals surface area contributed by atoms with Gasteiger partial charge in [-0.25, -0.2) is 4.79 Å². The highest BCUT2D eigenvalue weighted by Crippen LogP contribution is 2.41. The van der Waals surface area contributed by atoms with E-state index in [-0.39, 0.29) is 12.2 Å². The summed E-state index contributed by atoms with van der Waals surface area (Å²) in [5.74, 6) is -0.496. The van der Waals surface area contributed by atoms with Crippen molar-refractivity contribution >= 4 is 17.4 Å². The predicted molar refractivity (Wildman–Crippen MR) is 124 cm³/mol. The number of cyclic esters (lactones) is 1. The molecule has 2 aliphatic rings. The number of benzene rings is 3. The molecule has 0 aliphatic carbocycles. The van der Waals surface area contributed by atoms with Gasteiger partial charge >= 0.3 is 5.97 Å². The van der Waals surface area contributed by atoms with E-state index in [4.69, 9.17) is 4.74 Å². The largest absolute Gasteiger partial charge is 0.452 e. The summed E-state index contributed by atoms with van der Waals surface area (Å²) >= 11 is 0. The van der Waals surface area contributed by atoms with Crippen LogP contribution in [0.25, 0.3) is 0 Å². The highest BCUT2D eigenvalue weighted by atomic mass is 16.6. The number of ketones is 1. The number of esters is 1. The second-order valence-corrected chi connectivity index (χ2v) is 8.74. The summed E-state index contributed by atoms with van der Waals surface area (Å²) < 4.78 is 6.23. The number of carbonyl (C=O) groups is 2. The molecule has 162 valence electrons. The van der Waals surface area contributed by atoms with Gasteiger partial charge in [0.1, 0.15) is 5.60 Å². The fraction of sp³-hybridized carbons (Fsp3) is 0.286. The molecule has 0 amide bonds. The van der Waals surface area contributed by atoms with E-state index < -0.39 is 17.6 Å². The van der Waals surface area contributed by atoms with Crippen LogP contribution < -0.4 is 4.90 Å². The number of hydrogen-bond acceptors (Lipinski definition) is 4. The van der Waals surface area contributed by atoms with Crippen LogP contribution in [0.4, 0.5) is 5.69 Å². The van der Waals surface area contributed by atoms with Gasteiger partial charge in [0.05, 0.1) is 6.42 Å². The van der Waals surface area contributed by atoms with E-state index in [1.54, 1.807) is 0 Å². The van der Waals surface area contributed by atoms with E-state index in [9.17, 15) is 9.59 Å². The van der Waals surface area contributed by atoms with Crippen molar-refractivity contribution in [3.63, 3.8) is 0 Å². The average molecular weight is 426 g/mol. The van der Waals surface area contributed by atoms with Crippen LogP contribution in [-0.4, -0.2) is 24.3 Å². The molecule has 0 bridgehead atoms. The number of nitrogens with zero attached hydrogens (tertiary/aromatic N) is 1. The molecule has 3 aromatic carbocycles. The summed E-state index contributed by atoms with van der Waals surface area (Å²) in [4.78, 5) is 29.0. The van der Waals surface area contributed by atoms with Gasteiger partial charge in [-0.05, 0) is 48.4 Å².